The van der Waals surface area contributed by atoms with Crippen LogP contribution in [0.5, 0.6) is 11.6 Å². The summed E-state index contributed by atoms with van der Waals surface area (Å²) in [6, 6.07) is 19.3. The van der Waals surface area contributed by atoms with Crippen LogP contribution < -0.4 is 10.1 Å². The van der Waals surface area contributed by atoms with Crippen molar-refractivity contribution in [2.75, 3.05) is 18.4 Å². The van der Waals surface area contributed by atoms with Gasteiger partial charge in [0.05, 0.1) is 17.4 Å². The number of carbonyl (C=O) groups excluding carboxylic acids is 1. The third-order valence-corrected chi connectivity index (χ3v) is 6.50. The molecule has 2 N–H and O–H groups in total. The van der Waals surface area contributed by atoms with Gasteiger partial charge >= 0.3 is 0 Å². The van der Waals surface area contributed by atoms with Crippen LogP contribution >= 0.6 is 0 Å². The van der Waals surface area contributed by atoms with Crippen molar-refractivity contribution in [3.05, 3.63) is 96.1 Å². The van der Waals surface area contributed by atoms with Crippen LogP contribution in [-0.4, -0.2) is 44.1 Å². The molecule has 2 aromatic carbocycles. The van der Waals surface area contributed by atoms with E-state index in [9.17, 15) is 4.79 Å². The van der Waals surface area contributed by atoms with Crippen molar-refractivity contribution in [3.8, 4) is 22.8 Å². The Morgan fingerprint density at radius 3 is 2.62 bits per heavy atom. The van der Waals surface area contributed by atoms with Crippen molar-refractivity contribution >= 4 is 22.5 Å². The number of aryl methyl sites for hydroxylation is 1. The zero-order valence-electron chi connectivity index (χ0n) is 20.4. The predicted octanol–water partition coefficient (Wildman–Crippen LogP) is 5.58. The molecule has 0 radical (unpaired) electrons. The Bertz CT molecular complexity index is 1560. The van der Waals surface area contributed by atoms with E-state index in [2.05, 4.69) is 36.4 Å². The molecule has 1 saturated heterocycles. The number of fused-ring (bicyclic) bond motifs is 1. The molecule has 184 valence electrons. The van der Waals surface area contributed by atoms with Gasteiger partial charge in [-0.25, -0.2) is 4.98 Å². The summed E-state index contributed by atoms with van der Waals surface area (Å²) in [7, 11) is 0. The molecule has 1 aliphatic rings. The van der Waals surface area contributed by atoms with Crippen molar-refractivity contribution in [2.45, 2.75) is 19.9 Å². The number of anilines is 1. The number of hydrogen-bond donors (Lipinski definition) is 2. The second-order valence-corrected chi connectivity index (χ2v) is 9.30. The summed E-state index contributed by atoms with van der Waals surface area (Å²) in [6.45, 7) is 5.21. The summed E-state index contributed by atoms with van der Waals surface area (Å²) < 4.78 is 5.77. The van der Waals surface area contributed by atoms with Crippen molar-refractivity contribution in [1.82, 2.24) is 25.1 Å². The Kier molecular flexibility index (Phi) is 6.08. The molecule has 0 saturated carbocycles. The van der Waals surface area contributed by atoms with E-state index < -0.39 is 0 Å². The molecule has 5 aromatic rings. The highest BCUT2D eigenvalue weighted by Gasteiger charge is 2.17. The molecule has 0 spiro atoms. The molecule has 0 atom stereocenters. The Labute approximate surface area is 214 Å². The summed E-state index contributed by atoms with van der Waals surface area (Å²) >= 11 is 0. The van der Waals surface area contributed by atoms with Gasteiger partial charge in [-0.1, -0.05) is 23.8 Å². The van der Waals surface area contributed by atoms with Crippen molar-refractivity contribution in [2.24, 2.45) is 0 Å². The first kappa shape index (κ1) is 22.9. The average Bonchev–Trinajstić information content (AvgIpc) is 3.32. The number of nitrogens with zero attached hydrogens (tertiary/aromatic N) is 4. The summed E-state index contributed by atoms with van der Waals surface area (Å²) in [5.41, 5.74) is 6.01. The molecule has 0 unspecified atom stereocenters. The maximum absolute atomic E-state index is 13.1. The smallest absolute Gasteiger partial charge is 0.276 e. The number of nitrogens with one attached hydrogen (secondary N) is 2. The summed E-state index contributed by atoms with van der Waals surface area (Å²) in [6.07, 6.45) is 6.60. The van der Waals surface area contributed by atoms with Gasteiger partial charge in [-0.2, -0.15) is 5.10 Å². The molecular formula is C29H26N6O2. The lowest BCUT2D eigenvalue weighted by Crippen LogP contribution is -2.36. The Morgan fingerprint density at radius 1 is 1.00 bits per heavy atom. The fourth-order valence-electron chi connectivity index (χ4n) is 4.33. The third-order valence-electron chi connectivity index (χ3n) is 6.50. The third kappa shape index (κ3) is 5.05. The van der Waals surface area contributed by atoms with E-state index in [1.54, 1.807) is 18.3 Å². The van der Waals surface area contributed by atoms with Gasteiger partial charge in [0.15, 0.2) is 5.69 Å². The zero-order chi connectivity index (χ0) is 25.2. The molecule has 8 heteroatoms. The monoisotopic (exact) mass is 490 g/mol. The number of carbonyl (C=O) groups is 1. The number of likely N-dealkylation sites (tertiary alicyclic amines) is 1. The Hall–Kier alpha value is -4.56. The van der Waals surface area contributed by atoms with E-state index in [1.165, 1.54) is 12.0 Å². The number of aromatic amines is 1. The lowest BCUT2D eigenvalue weighted by Gasteiger charge is -2.30. The molecule has 1 amide bonds. The summed E-state index contributed by atoms with van der Waals surface area (Å²) in [4.78, 5) is 24.2. The van der Waals surface area contributed by atoms with Crippen molar-refractivity contribution in [3.63, 3.8) is 0 Å². The van der Waals surface area contributed by atoms with Gasteiger partial charge in [0.1, 0.15) is 5.75 Å². The first-order chi connectivity index (χ1) is 18.1. The normalized spacial score (nSPS) is 13.3. The topological polar surface area (TPSA) is 96.0 Å². The minimum absolute atomic E-state index is 0.318. The molecule has 0 bridgehead atoms. The molecule has 0 aliphatic carbocycles. The van der Waals surface area contributed by atoms with Crippen LogP contribution in [0.4, 0.5) is 5.69 Å². The summed E-state index contributed by atoms with van der Waals surface area (Å²) in [5.74, 6) is 0.832. The van der Waals surface area contributed by atoms with Gasteiger partial charge in [-0.3, -0.25) is 19.8 Å². The van der Waals surface area contributed by atoms with Crippen molar-refractivity contribution in [1.29, 1.82) is 0 Å². The maximum atomic E-state index is 13.1. The van der Waals surface area contributed by atoms with Crippen LogP contribution in [-0.2, 0) is 6.54 Å². The molecular weight excluding hydrogens is 464 g/mol. The van der Waals surface area contributed by atoms with Crippen LogP contribution in [0.15, 0.2) is 79.3 Å². The molecule has 1 aliphatic heterocycles. The minimum atomic E-state index is -0.318. The van der Waals surface area contributed by atoms with E-state index >= 15 is 0 Å². The number of H-pyrrole nitrogens is 1. The van der Waals surface area contributed by atoms with Gasteiger partial charge in [0, 0.05) is 36.0 Å². The van der Waals surface area contributed by atoms with E-state index in [0.29, 0.717) is 23.0 Å². The van der Waals surface area contributed by atoms with Gasteiger partial charge in [-0.15, -0.1) is 0 Å². The minimum Gasteiger partial charge on any atom is -0.439 e. The van der Waals surface area contributed by atoms with Crippen LogP contribution in [0.2, 0.25) is 0 Å². The van der Waals surface area contributed by atoms with E-state index in [-0.39, 0.29) is 5.91 Å². The molecule has 3 aromatic heterocycles. The van der Waals surface area contributed by atoms with Crippen LogP contribution in [0, 0.1) is 6.92 Å². The second kappa shape index (κ2) is 9.83. The molecule has 6 rings (SSSR count). The Morgan fingerprint density at radius 2 is 1.86 bits per heavy atom. The number of rotatable bonds is 7. The van der Waals surface area contributed by atoms with Gasteiger partial charge in [0.2, 0.25) is 5.88 Å². The predicted molar refractivity (Wildman–Crippen MR) is 143 cm³/mol. The SMILES string of the molecule is Cc1ccc(Oc2ccc(NC(=O)c3n[nH]c4ccc(-c5cncc(CN6CCC6)c5)cc34)cn2)cc1. The zero-order valence-corrected chi connectivity index (χ0v) is 20.4. The van der Waals surface area contributed by atoms with E-state index in [1.807, 2.05) is 61.8 Å². The number of pyridine rings is 2. The number of amides is 1. The highest BCUT2D eigenvalue weighted by molar-refractivity contribution is 6.11. The number of hydrogen-bond acceptors (Lipinski definition) is 6. The highest BCUT2D eigenvalue weighted by Crippen LogP contribution is 2.27. The molecule has 37 heavy (non-hydrogen) atoms. The fraction of sp³-hybridized carbons (Fsp3) is 0.172. The number of ether oxygens (including phenoxy) is 1. The fourth-order valence-corrected chi connectivity index (χ4v) is 4.33. The lowest BCUT2D eigenvalue weighted by molar-refractivity contribution is 0.102. The first-order valence-electron chi connectivity index (χ1n) is 12.3. The quantitative estimate of drug-likeness (QED) is 0.309. The van der Waals surface area contributed by atoms with E-state index in [4.69, 9.17) is 4.74 Å². The van der Waals surface area contributed by atoms with Crippen LogP contribution in [0.25, 0.3) is 22.0 Å². The molecule has 1 fully saturated rings. The van der Waals surface area contributed by atoms with E-state index in [0.717, 1.165) is 47.2 Å². The van der Waals surface area contributed by atoms with Gasteiger partial charge < -0.3 is 10.1 Å². The molecule has 4 heterocycles. The standard InChI is InChI=1S/C29H26N6O2/c1-19-3-7-24(8-4-19)37-27-10-6-23(17-31-27)32-29(36)28-25-14-21(5-9-26(25)33-34-28)22-13-20(15-30-16-22)18-35-11-2-12-35/h3-10,13-17H,2,11-12,18H2,1H3,(H,32,36)(H,33,34). The van der Waals surface area contributed by atoms with Crippen molar-refractivity contribution < 1.29 is 9.53 Å². The number of aromatic nitrogens is 4. The largest absolute Gasteiger partial charge is 0.439 e. The first-order valence-corrected chi connectivity index (χ1v) is 12.3. The lowest BCUT2D eigenvalue weighted by atomic mass is 10.0. The van der Waals surface area contributed by atoms with Crippen LogP contribution in [0.1, 0.15) is 28.0 Å². The van der Waals surface area contributed by atoms with Crippen LogP contribution in [0.3, 0.4) is 0 Å². The van der Waals surface area contributed by atoms with Gasteiger partial charge in [-0.05, 0) is 74.0 Å². The highest BCUT2D eigenvalue weighted by atomic mass is 16.5. The second-order valence-electron chi connectivity index (χ2n) is 9.30. The average molecular weight is 491 g/mol. The number of benzene rings is 2. The maximum Gasteiger partial charge on any atom is 0.276 e. The summed E-state index contributed by atoms with van der Waals surface area (Å²) in [5, 5.41) is 10.9. The molecule has 8 nitrogen and oxygen atoms in total. The van der Waals surface area contributed by atoms with Gasteiger partial charge in [0.25, 0.3) is 5.91 Å². The Balaban J connectivity index is 1.18.